The number of ether oxygens (including phenoxy) is 2. The number of carbonyl (C=O) groups excluding carboxylic acids is 2. The number of esters is 1. The highest BCUT2D eigenvalue weighted by Gasteiger charge is 2.22. The Morgan fingerprint density at radius 2 is 1.86 bits per heavy atom. The zero-order valence-electron chi connectivity index (χ0n) is 13.0. The first kappa shape index (κ1) is 19.8. The molecule has 124 valence electrons. The Morgan fingerprint density at radius 1 is 1.24 bits per heavy atom. The summed E-state index contributed by atoms with van der Waals surface area (Å²) in [6.45, 7) is 5.44. The third-order valence-corrected chi connectivity index (χ3v) is 2.58. The fourth-order valence-corrected chi connectivity index (χ4v) is 1.74. The third-order valence-electron chi connectivity index (χ3n) is 2.58. The first-order valence-electron chi connectivity index (χ1n) is 7.02. The lowest BCUT2D eigenvalue weighted by Crippen LogP contribution is -2.32. The Bertz CT molecular complexity index is 326. The second-order valence-corrected chi connectivity index (χ2v) is 6.16. The molecule has 2 unspecified atom stereocenters. The van der Waals surface area contributed by atoms with Crippen molar-refractivity contribution in [3.8, 4) is 0 Å². The molecule has 1 amide bonds. The number of aliphatic hydroxyl groups excluding tert-OH is 2. The Kier molecular flexibility index (Phi) is 9.16. The van der Waals surface area contributed by atoms with E-state index in [0.29, 0.717) is 12.8 Å². The molecule has 0 fully saturated rings. The van der Waals surface area contributed by atoms with Gasteiger partial charge in [-0.15, -0.1) is 0 Å². The Labute approximate surface area is 125 Å². The van der Waals surface area contributed by atoms with Crippen molar-refractivity contribution in [3.63, 3.8) is 0 Å². The predicted molar refractivity (Wildman–Crippen MR) is 76.0 cm³/mol. The molecule has 0 spiro atoms. The van der Waals surface area contributed by atoms with E-state index in [2.05, 4.69) is 0 Å². The molecule has 7 heteroatoms. The molecule has 0 saturated heterocycles. The van der Waals surface area contributed by atoms with Gasteiger partial charge in [0.2, 0.25) is 5.91 Å². The van der Waals surface area contributed by atoms with Gasteiger partial charge >= 0.3 is 5.97 Å². The van der Waals surface area contributed by atoms with E-state index in [1.54, 1.807) is 0 Å². The molecule has 0 radical (unpaired) electrons. The van der Waals surface area contributed by atoms with Crippen molar-refractivity contribution in [1.82, 2.24) is 0 Å². The maximum Gasteiger partial charge on any atom is 0.305 e. The van der Waals surface area contributed by atoms with Crippen molar-refractivity contribution in [3.05, 3.63) is 0 Å². The van der Waals surface area contributed by atoms with Gasteiger partial charge in [0.15, 0.2) is 6.29 Å². The lowest BCUT2D eigenvalue weighted by molar-refractivity contribution is -0.187. The van der Waals surface area contributed by atoms with Crippen LogP contribution in [0.25, 0.3) is 0 Å². The molecule has 7 nitrogen and oxygen atoms in total. The molecule has 4 N–H and O–H groups in total. The fourth-order valence-electron chi connectivity index (χ4n) is 1.74. The van der Waals surface area contributed by atoms with Crippen molar-refractivity contribution in [2.45, 2.75) is 58.8 Å². The van der Waals surface area contributed by atoms with Crippen LogP contribution in [0.2, 0.25) is 0 Å². The molecule has 21 heavy (non-hydrogen) atoms. The lowest BCUT2D eigenvalue weighted by Gasteiger charge is -2.26. The van der Waals surface area contributed by atoms with E-state index in [0.717, 1.165) is 0 Å². The van der Waals surface area contributed by atoms with E-state index in [9.17, 15) is 19.8 Å². The normalized spacial score (nSPS) is 14.5. The van der Waals surface area contributed by atoms with Crippen LogP contribution in [-0.4, -0.2) is 47.7 Å². The topological polar surface area (TPSA) is 119 Å². The zero-order valence-corrected chi connectivity index (χ0v) is 13.0. The van der Waals surface area contributed by atoms with E-state index in [4.69, 9.17) is 15.2 Å². The van der Waals surface area contributed by atoms with E-state index >= 15 is 0 Å². The van der Waals surface area contributed by atoms with Crippen LogP contribution in [0.1, 0.15) is 46.5 Å². The van der Waals surface area contributed by atoms with Gasteiger partial charge in [0, 0.05) is 12.8 Å². The minimum atomic E-state index is -1.29. The molecule has 0 aliphatic rings. The van der Waals surface area contributed by atoms with Gasteiger partial charge in [-0.2, -0.15) is 0 Å². The van der Waals surface area contributed by atoms with E-state index < -0.39 is 24.3 Å². The zero-order chi connectivity index (χ0) is 16.5. The molecule has 0 aromatic heterocycles. The molecular weight excluding hydrogens is 278 g/mol. The molecule has 0 aromatic carbocycles. The molecule has 0 saturated carbocycles. The first-order valence-corrected chi connectivity index (χ1v) is 7.02. The van der Waals surface area contributed by atoms with Gasteiger partial charge in [-0.05, 0) is 18.3 Å². The fraction of sp³-hybridized carbons (Fsp3) is 0.857. The van der Waals surface area contributed by atoms with E-state index in [1.165, 1.54) is 0 Å². The minimum absolute atomic E-state index is 0.0566. The summed E-state index contributed by atoms with van der Waals surface area (Å²) in [5.41, 5.74) is 4.89. The number of carbonyl (C=O) groups is 2. The van der Waals surface area contributed by atoms with Gasteiger partial charge in [-0.1, -0.05) is 20.8 Å². The van der Waals surface area contributed by atoms with Crippen molar-refractivity contribution >= 4 is 11.9 Å². The van der Waals surface area contributed by atoms with Crippen molar-refractivity contribution < 1.29 is 29.3 Å². The average Bonchev–Trinajstić information content (AvgIpc) is 2.33. The van der Waals surface area contributed by atoms with Crippen LogP contribution in [0.15, 0.2) is 0 Å². The summed E-state index contributed by atoms with van der Waals surface area (Å²) in [7, 11) is 0. The number of nitrogens with two attached hydrogens (primary N) is 1. The largest absolute Gasteiger partial charge is 0.460 e. The molecule has 2 atom stereocenters. The second-order valence-electron chi connectivity index (χ2n) is 6.16. The highest BCUT2D eigenvalue weighted by molar-refractivity contribution is 5.75. The quantitative estimate of drug-likeness (QED) is 0.395. The monoisotopic (exact) mass is 305 g/mol. The molecule has 0 aliphatic heterocycles. The molecule has 0 aliphatic carbocycles. The molecule has 0 bridgehead atoms. The lowest BCUT2D eigenvalue weighted by atomic mass is 9.89. The van der Waals surface area contributed by atoms with Crippen LogP contribution in [0, 0.1) is 5.41 Å². The van der Waals surface area contributed by atoms with Crippen LogP contribution < -0.4 is 5.73 Å². The van der Waals surface area contributed by atoms with Crippen LogP contribution in [-0.2, 0) is 19.1 Å². The third kappa shape index (κ3) is 12.3. The molecular formula is C14H27NO6. The summed E-state index contributed by atoms with van der Waals surface area (Å²) in [6.07, 6.45) is -0.757. The maximum absolute atomic E-state index is 11.3. The Balaban J connectivity index is 3.94. The van der Waals surface area contributed by atoms with Gasteiger partial charge in [0.1, 0.15) is 6.61 Å². The Morgan fingerprint density at radius 3 is 2.33 bits per heavy atom. The number of hydrogen-bond acceptors (Lipinski definition) is 6. The number of aliphatic hydroxyl groups is 2. The number of amides is 1. The van der Waals surface area contributed by atoms with Gasteiger partial charge in [-0.3, -0.25) is 9.59 Å². The SMILES string of the molecule is CC(C)(C)CC(CO)OC(O)COC(=O)CCCC(N)=O. The second kappa shape index (κ2) is 9.70. The maximum atomic E-state index is 11.3. The van der Waals surface area contributed by atoms with Gasteiger partial charge in [0.05, 0.1) is 12.7 Å². The van der Waals surface area contributed by atoms with Gasteiger partial charge in [0.25, 0.3) is 0 Å². The standard InChI is InChI=1S/C14H27NO6/c1-14(2,3)7-10(8-16)21-13(19)9-20-12(18)6-4-5-11(15)17/h10,13,16,19H,4-9H2,1-3H3,(H2,15,17). The smallest absolute Gasteiger partial charge is 0.305 e. The Hall–Kier alpha value is -1.18. The van der Waals surface area contributed by atoms with Crippen LogP contribution >= 0.6 is 0 Å². The van der Waals surface area contributed by atoms with Crippen LogP contribution in [0.5, 0.6) is 0 Å². The summed E-state index contributed by atoms with van der Waals surface area (Å²) in [5.74, 6) is -1.01. The summed E-state index contributed by atoms with van der Waals surface area (Å²) in [6, 6.07) is 0. The molecule has 0 aromatic rings. The van der Waals surface area contributed by atoms with E-state index in [1.807, 2.05) is 20.8 Å². The van der Waals surface area contributed by atoms with Crippen LogP contribution in [0.3, 0.4) is 0 Å². The highest BCUT2D eigenvalue weighted by Crippen LogP contribution is 2.22. The highest BCUT2D eigenvalue weighted by atomic mass is 16.6. The van der Waals surface area contributed by atoms with Crippen molar-refractivity contribution in [2.75, 3.05) is 13.2 Å². The van der Waals surface area contributed by atoms with Gasteiger partial charge in [-0.25, -0.2) is 0 Å². The van der Waals surface area contributed by atoms with E-state index in [-0.39, 0.29) is 31.5 Å². The number of rotatable bonds is 10. The average molecular weight is 305 g/mol. The van der Waals surface area contributed by atoms with Crippen molar-refractivity contribution in [1.29, 1.82) is 0 Å². The van der Waals surface area contributed by atoms with Crippen molar-refractivity contribution in [2.24, 2.45) is 11.1 Å². The molecule has 0 heterocycles. The number of hydrogen-bond donors (Lipinski definition) is 3. The summed E-state index contributed by atoms with van der Waals surface area (Å²) < 4.78 is 10.0. The first-order chi connectivity index (χ1) is 9.64. The summed E-state index contributed by atoms with van der Waals surface area (Å²) in [4.78, 5) is 21.8. The molecule has 0 rings (SSSR count). The van der Waals surface area contributed by atoms with Gasteiger partial charge < -0.3 is 25.4 Å². The predicted octanol–water partition coefficient (Wildman–Crippen LogP) is 0.317. The van der Waals surface area contributed by atoms with Crippen LogP contribution in [0.4, 0.5) is 0 Å². The summed E-state index contributed by atoms with van der Waals surface area (Å²) >= 11 is 0. The number of primary amides is 1. The minimum Gasteiger partial charge on any atom is -0.460 e. The summed E-state index contributed by atoms with van der Waals surface area (Å²) in [5, 5.41) is 18.8.